The van der Waals surface area contributed by atoms with Crippen LogP contribution in [0.3, 0.4) is 0 Å². The van der Waals surface area contributed by atoms with Crippen molar-refractivity contribution in [1.29, 1.82) is 0 Å². The maximum Gasteiger partial charge on any atom is 0.271 e. The molecular formula is C24H18N8O2. The minimum Gasteiger partial charge on any atom is -0.397 e. The van der Waals surface area contributed by atoms with Crippen molar-refractivity contribution in [3.8, 4) is 0 Å². The monoisotopic (exact) mass is 450 g/mol. The first-order chi connectivity index (χ1) is 16.6. The number of nitro benzene ring substituents is 1. The highest BCUT2D eigenvalue weighted by molar-refractivity contribution is 5.93. The van der Waals surface area contributed by atoms with E-state index < -0.39 is 4.92 Å². The Morgan fingerprint density at radius 1 is 1.03 bits per heavy atom. The first-order valence-corrected chi connectivity index (χ1v) is 10.3. The fourth-order valence-corrected chi connectivity index (χ4v) is 3.46. The van der Waals surface area contributed by atoms with Crippen LogP contribution in [0.2, 0.25) is 0 Å². The number of fused-ring (bicyclic) bond motifs is 3. The topological polar surface area (TPSA) is 137 Å². The average molecular weight is 450 g/mol. The van der Waals surface area contributed by atoms with Crippen molar-refractivity contribution in [3.63, 3.8) is 0 Å². The number of para-hydroxylation sites is 1. The van der Waals surface area contributed by atoms with Crippen LogP contribution in [-0.4, -0.2) is 30.7 Å². The van der Waals surface area contributed by atoms with E-state index in [2.05, 4.69) is 20.5 Å². The summed E-state index contributed by atoms with van der Waals surface area (Å²) in [6.07, 6.45) is 5.37. The zero-order valence-electron chi connectivity index (χ0n) is 17.7. The summed E-state index contributed by atoms with van der Waals surface area (Å²) < 4.78 is 1.68. The van der Waals surface area contributed by atoms with E-state index in [1.54, 1.807) is 10.6 Å². The smallest absolute Gasteiger partial charge is 0.271 e. The molecule has 0 aliphatic heterocycles. The SMILES string of the molecule is Nc1cc([N+](=O)[O-])ccc1Nc1nc2ccccc2c2nnc(N=C/C=C/c3ccccc3)n12. The summed E-state index contributed by atoms with van der Waals surface area (Å²) in [6.45, 7) is 0. The van der Waals surface area contributed by atoms with Crippen LogP contribution >= 0.6 is 0 Å². The third kappa shape index (κ3) is 4.02. The van der Waals surface area contributed by atoms with E-state index in [1.165, 1.54) is 18.2 Å². The normalized spacial score (nSPS) is 11.6. The fourth-order valence-electron chi connectivity index (χ4n) is 3.46. The van der Waals surface area contributed by atoms with Crippen LogP contribution in [0, 0.1) is 10.1 Å². The summed E-state index contributed by atoms with van der Waals surface area (Å²) >= 11 is 0. The van der Waals surface area contributed by atoms with E-state index in [1.807, 2.05) is 66.7 Å². The molecule has 166 valence electrons. The number of nitrogens with zero attached hydrogens (tertiary/aromatic N) is 6. The molecule has 10 heteroatoms. The number of allylic oxidation sites excluding steroid dienone is 1. The lowest BCUT2D eigenvalue weighted by molar-refractivity contribution is -0.384. The van der Waals surface area contributed by atoms with Gasteiger partial charge < -0.3 is 11.1 Å². The summed E-state index contributed by atoms with van der Waals surface area (Å²) in [5.74, 6) is 0.687. The summed E-state index contributed by atoms with van der Waals surface area (Å²) in [6, 6.07) is 21.6. The van der Waals surface area contributed by atoms with E-state index in [0.717, 1.165) is 10.9 Å². The van der Waals surface area contributed by atoms with Gasteiger partial charge in [-0.15, -0.1) is 10.2 Å². The Kier molecular flexibility index (Phi) is 5.37. The van der Waals surface area contributed by atoms with E-state index in [4.69, 9.17) is 10.7 Å². The zero-order chi connectivity index (χ0) is 23.5. The van der Waals surface area contributed by atoms with Gasteiger partial charge in [0.25, 0.3) is 11.6 Å². The van der Waals surface area contributed by atoms with E-state index >= 15 is 0 Å². The molecule has 2 aromatic heterocycles. The second kappa shape index (κ2) is 8.79. The van der Waals surface area contributed by atoms with E-state index in [0.29, 0.717) is 28.7 Å². The van der Waals surface area contributed by atoms with Crippen molar-refractivity contribution in [2.24, 2.45) is 4.99 Å². The van der Waals surface area contributed by atoms with Crippen LogP contribution in [0.4, 0.5) is 29.0 Å². The van der Waals surface area contributed by atoms with Crippen molar-refractivity contribution in [3.05, 3.63) is 94.6 Å². The van der Waals surface area contributed by atoms with Gasteiger partial charge in [-0.2, -0.15) is 0 Å². The maximum absolute atomic E-state index is 11.0. The number of nitrogens with two attached hydrogens (primary N) is 1. The maximum atomic E-state index is 11.0. The summed E-state index contributed by atoms with van der Waals surface area (Å²) in [5.41, 5.74) is 8.94. The second-order valence-electron chi connectivity index (χ2n) is 7.31. The van der Waals surface area contributed by atoms with Gasteiger partial charge in [-0.1, -0.05) is 48.5 Å². The minimum absolute atomic E-state index is 0.0977. The Hall–Kier alpha value is -5.12. The Labute approximate surface area is 193 Å². The first-order valence-electron chi connectivity index (χ1n) is 10.3. The lowest BCUT2D eigenvalue weighted by Crippen LogP contribution is -2.05. The van der Waals surface area contributed by atoms with Crippen LogP contribution < -0.4 is 11.1 Å². The van der Waals surface area contributed by atoms with Crippen molar-refractivity contribution < 1.29 is 4.92 Å². The van der Waals surface area contributed by atoms with Crippen LogP contribution in [0.25, 0.3) is 22.6 Å². The zero-order valence-corrected chi connectivity index (χ0v) is 17.7. The number of benzene rings is 3. The highest BCUT2D eigenvalue weighted by Gasteiger charge is 2.16. The molecule has 5 rings (SSSR count). The Bertz CT molecular complexity index is 1570. The van der Waals surface area contributed by atoms with Crippen LogP contribution in [-0.2, 0) is 0 Å². The van der Waals surface area contributed by atoms with Crippen molar-refractivity contribution in [2.75, 3.05) is 11.1 Å². The standard InChI is InChI=1S/C24H18N8O2/c25-19-15-17(32(33)34)12-13-21(19)28-24-27-20-11-5-4-10-18(20)22-29-30-23(31(22)24)26-14-6-9-16-7-2-1-3-8-16/h1-15H,25H2,(H,27,28)/b9-6+,26-14?. The molecule has 5 aromatic rings. The summed E-state index contributed by atoms with van der Waals surface area (Å²) in [4.78, 5) is 19.7. The molecule has 0 bridgehead atoms. The number of anilines is 3. The lowest BCUT2D eigenvalue weighted by Gasteiger charge is -2.12. The highest BCUT2D eigenvalue weighted by atomic mass is 16.6. The van der Waals surface area contributed by atoms with Crippen molar-refractivity contribution in [1.82, 2.24) is 19.6 Å². The number of aliphatic imine (C=N–C) groups is 1. The third-order valence-electron chi connectivity index (χ3n) is 5.09. The number of hydrogen-bond donors (Lipinski definition) is 2. The van der Waals surface area contributed by atoms with Gasteiger partial charge in [-0.3, -0.25) is 10.1 Å². The van der Waals surface area contributed by atoms with E-state index in [-0.39, 0.29) is 11.4 Å². The van der Waals surface area contributed by atoms with Gasteiger partial charge in [0, 0.05) is 23.7 Å². The van der Waals surface area contributed by atoms with Gasteiger partial charge in [0.05, 0.1) is 21.8 Å². The predicted molar refractivity (Wildman–Crippen MR) is 133 cm³/mol. The Morgan fingerprint density at radius 3 is 2.62 bits per heavy atom. The molecule has 0 amide bonds. The van der Waals surface area contributed by atoms with Gasteiger partial charge in [-0.25, -0.2) is 14.4 Å². The Morgan fingerprint density at radius 2 is 1.82 bits per heavy atom. The van der Waals surface area contributed by atoms with Crippen molar-refractivity contribution >= 4 is 57.8 Å². The van der Waals surface area contributed by atoms with Gasteiger partial charge in [0.1, 0.15) is 0 Å². The molecule has 0 fully saturated rings. The number of nitrogen functional groups attached to an aromatic ring is 1. The second-order valence-corrected chi connectivity index (χ2v) is 7.31. The number of nitro groups is 1. The average Bonchev–Trinajstić information content (AvgIpc) is 3.28. The highest BCUT2D eigenvalue weighted by Crippen LogP contribution is 2.30. The van der Waals surface area contributed by atoms with Gasteiger partial charge >= 0.3 is 0 Å². The quantitative estimate of drug-likeness (QED) is 0.162. The lowest BCUT2D eigenvalue weighted by atomic mass is 10.2. The molecule has 0 spiro atoms. The molecule has 0 saturated carbocycles. The molecule has 0 aliphatic carbocycles. The van der Waals surface area contributed by atoms with Crippen LogP contribution in [0.15, 0.2) is 83.9 Å². The first kappa shape index (κ1) is 20.8. The molecule has 3 N–H and O–H groups in total. The van der Waals surface area contributed by atoms with Gasteiger partial charge in [-0.05, 0) is 29.8 Å². The minimum atomic E-state index is -0.498. The van der Waals surface area contributed by atoms with Crippen molar-refractivity contribution in [2.45, 2.75) is 0 Å². The third-order valence-corrected chi connectivity index (χ3v) is 5.09. The molecule has 0 saturated heterocycles. The molecule has 10 nitrogen and oxygen atoms in total. The fraction of sp³-hybridized carbons (Fsp3) is 0. The van der Waals surface area contributed by atoms with Gasteiger partial charge in [0.2, 0.25) is 5.95 Å². The molecule has 3 aromatic carbocycles. The van der Waals surface area contributed by atoms with Gasteiger partial charge in [0.15, 0.2) is 5.65 Å². The number of nitrogens with one attached hydrogen (secondary N) is 1. The molecule has 0 unspecified atom stereocenters. The molecule has 0 atom stereocenters. The summed E-state index contributed by atoms with van der Waals surface area (Å²) in [5, 5.41) is 23.6. The molecule has 0 radical (unpaired) electrons. The summed E-state index contributed by atoms with van der Waals surface area (Å²) in [7, 11) is 0. The number of non-ortho nitro benzene ring substituents is 1. The number of hydrogen-bond acceptors (Lipinski definition) is 8. The predicted octanol–water partition coefficient (Wildman–Crippen LogP) is 4.93. The largest absolute Gasteiger partial charge is 0.397 e. The van der Waals surface area contributed by atoms with Crippen LogP contribution in [0.5, 0.6) is 0 Å². The van der Waals surface area contributed by atoms with Crippen LogP contribution in [0.1, 0.15) is 5.56 Å². The number of rotatable bonds is 6. The van der Waals surface area contributed by atoms with E-state index in [9.17, 15) is 10.1 Å². The molecule has 0 aliphatic rings. The Balaban J connectivity index is 1.57. The molecule has 2 heterocycles. The molecular weight excluding hydrogens is 432 g/mol. The molecule has 34 heavy (non-hydrogen) atoms. The number of aromatic nitrogens is 4.